The van der Waals surface area contributed by atoms with E-state index in [-0.39, 0.29) is 12.5 Å². The third-order valence-electron chi connectivity index (χ3n) is 2.25. The molecule has 2 rings (SSSR count). The summed E-state index contributed by atoms with van der Waals surface area (Å²) in [4.78, 5) is 16.5. The SMILES string of the molecule is O=C(Cc1ccccc1)Nc1ncc(C#CCO)s1. The fraction of sp³-hybridized carbons (Fsp3) is 0.143. The number of aliphatic hydroxyl groups excluding tert-OH is 1. The van der Waals surface area contributed by atoms with Crippen LogP contribution in [0.1, 0.15) is 10.4 Å². The zero-order valence-electron chi connectivity index (χ0n) is 10.1. The minimum absolute atomic E-state index is 0.109. The van der Waals surface area contributed by atoms with Crippen LogP contribution in [0.15, 0.2) is 36.5 Å². The Bertz CT molecular complexity index is 611. The number of benzene rings is 1. The van der Waals surface area contributed by atoms with Gasteiger partial charge in [0.2, 0.25) is 5.91 Å². The van der Waals surface area contributed by atoms with E-state index >= 15 is 0 Å². The van der Waals surface area contributed by atoms with Crippen LogP contribution >= 0.6 is 11.3 Å². The van der Waals surface area contributed by atoms with Crippen LogP contribution in [0.4, 0.5) is 5.13 Å². The molecule has 0 saturated carbocycles. The van der Waals surface area contributed by atoms with Crippen molar-refractivity contribution in [3.05, 3.63) is 47.0 Å². The van der Waals surface area contributed by atoms with Crippen LogP contribution in [0.2, 0.25) is 0 Å². The summed E-state index contributed by atoms with van der Waals surface area (Å²) in [7, 11) is 0. The minimum Gasteiger partial charge on any atom is -0.384 e. The Balaban J connectivity index is 1.94. The van der Waals surface area contributed by atoms with Crippen molar-refractivity contribution in [1.29, 1.82) is 0 Å². The zero-order valence-corrected chi connectivity index (χ0v) is 10.9. The number of anilines is 1. The van der Waals surface area contributed by atoms with Gasteiger partial charge in [-0.2, -0.15) is 0 Å². The lowest BCUT2D eigenvalue weighted by molar-refractivity contribution is -0.115. The van der Waals surface area contributed by atoms with Crippen LogP contribution in [0.3, 0.4) is 0 Å². The highest BCUT2D eigenvalue weighted by Crippen LogP contribution is 2.17. The molecule has 4 nitrogen and oxygen atoms in total. The molecular formula is C14H12N2O2S. The van der Waals surface area contributed by atoms with Gasteiger partial charge in [-0.15, -0.1) is 0 Å². The van der Waals surface area contributed by atoms with Crippen molar-refractivity contribution in [2.24, 2.45) is 0 Å². The maximum Gasteiger partial charge on any atom is 0.230 e. The first kappa shape index (κ1) is 13.3. The lowest BCUT2D eigenvalue weighted by Gasteiger charge is -2.01. The van der Waals surface area contributed by atoms with E-state index in [1.165, 1.54) is 11.3 Å². The molecule has 1 aromatic carbocycles. The van der Waals surface area contributed by atoms with Gasteiger partial charge in [0.1, 0.15) is 6.61 Å². The van der Waals surface area contributed by atoms with E-state index in [9.17, 15) is 4.79 Å². The molecule has 0 spiro atoms. The average Bonchev–Trinajstić information content (AvgIpc) is 2.85. The van der Waals surface area contributed by atoms with Gasteiger partial charge in [0, 0.05) is 0 Å². The van der Waals surface area contributed by atoms with Crippen LogP contribution < -0.4 is 5.32 Å². The summed E-state index contributed by atoms with van der Waals surface area (Å²) in [5, 5.41) is 11.8. The first-order valence-electron chi connectivity index (χ1n) is 5.67. The molecule has 5 heteroatoms. The van der Waals surface area contributed by atoms with Crippen molar-refractivity contribution in [2.75, 3.05) is 11.9 Å². The predicted octanol–water partition coefficient (Wildman–Crippen LogP) is 1.67. The molecule has 96 valence electrons. The highest BCUT2D eigenvalue weighted by atomic mass is 32.1. The molecule has 0 aliphatic heterocycles. The normalized spacial score (nSPS) is 9.53. The number of hydrogen-bond donors (Lipinski definition) is 2. The van der Waals surface area contributed by atoms with Crippen molar-refractivity contribution in [2.45, 2.75) is 6.42 Å². The summed E-state index contributed by atoms with van der Waals surface area (Å²) < 4.78 is 0. The Morgan fingerprint density at radius 3 is 2.89 bits per heavy atom. The van der Waals surface area contributed by atoms with Gasteiger partial charge in [0.15, 0.2) is 5.13 Å². The number of hydrogen-bond acceptors (Lipinski definition) is 4. The number of nitrogens with one attached hydrogen (secondary N) is 1. The summed E-state index contributed by atoms with van der Waals surface area (Å²) in [6.07, 6.45) is 1.89. The molecule has 1 aromatic heterocycles. The highest BCUT2D eigenvalue weighted by Gasteiger charge is 2.06. The Morgan fingerprint density at radius 2 is 2.16 bits per heavy atom. The Kier molecular flexibility index (Phi) is 4.67. The lowest BCUT2D eigenvalue weighted by Crippen LogP contribution is -2.13. The van der Waals surface area contributed by atoms with Gasteiger partial charge >= 0.3 is 0 Å². The zero-order chi connectivity index (χ0) is 13.5. The molecule has 0 bridgehead atoms. The van der Waals surface area contributed by atoms with Gasteiger partial charge in [0.25, 0.3) is 0 Å². The summed E-state index contributed by atoms with van der Waals surface area (Å²) in [5.41, 5.74) is 0.955. The molecule has 2 N–H and O–H groups in total. The van der Waals surface area contributed by atoms with E-state index in [1.54, 1.807) is 6.20 Å². The maximum absolute atomic E-state index is 11.8. The second kappa shape index (κ2) is 6.69. The number of rotatable bonds is 3. The first-order valence-corrected chi connectivity index (χ1v) is 6.49. The number of amides is 1. The smallest absolute Gasteiger partial charge is 0.230 e. The van der Waals surface area contributed by atoms with Crippen LogP contribution in [-0.2, 0) is 11.2 Å². The summed E-state index contributed by atoms with van der Waals surface area (Å²) in [5.74, 6) is 5.17. The molecule has 0 fully saturated rings. The minimum atomic E-state index is -0.187. The molecule has 1 heterocycles. The fourth-order valence-corrected chi connectivity index (χ4v) is 2.17. The Morgan fingerprint density at radius 1 is 1.37 bits per heavy atom. The fourth-order valence-electron chi connectivity index (χ4n) is 1.46. The third kappa shape index (κ3) is 4.21. The van der Waals surface area contributed by atoms with E-state index in [0.29, 0.717) is 16.4 Å². The van der Waals surface area contributed by atoms with E-state index in [2.05, 4.69) is 22.1 Å². The molecule has 0 aliphatic carbocycles. The van der Waals surface area contributed by atoms with E-state index in [0.717, 1.165) is 5.56 Å². The number of aromatic nitrogens is 1. The number of thiazole rings is 1. The monoisotopic (exact) mass is 272 g/mol. The molecular weight excluding hydrogens is 260 g/mol. The maximum atomic E-state index is 11.8. The number of carbonyl (C=O) groups is 1. The van der Waals surface area contributed by atoms with Crippen molar-refractivity contribution in [3.8, 4) is 11.8 Å². The van der Waals surface area contributed by atoms with Crippen LogP contribution in [0, 0.1) is 11.8 Å². The second-order valence-electron chi connectivity index (χ2n) is 3.70. The molecule has 0 radical (unpaired) electrons. The van der Waals surface area contributed by atoms with Gasteiger partial charge in [-0.3, -0.25) is 4.79 Å². The van der Waals surface area contributed by atoms with E-state index in [1.807, 2.05) is 30.3 Å². The number of aliphatic hydroxyl groups is 1. The molecule has 0 saturated heterocycles. The first-order chi connectivity index (χ1) is 9.28. The summed E-state index contributed by atoms with van der Waals surface area (Å²) in [6.45, 7) is -0.187. The third-order valence-corrected chi connectivity index (χ3v) is 3.08. The van der Waals surface area contributed by atoms with Gasteiger partial charge in [-0.05, 0) is 5.56 Å². The molecule has 2 aromatic rings. The predicted molar refractivity (Wildman–Crippen MR) is 74.9 cm³/mol. The summed E-state index contributed by atoms with van der Waals surface area (Å²) in [6, 6.07) is 9.51. The van der Waals surface area contributed by atoms with Crippen LogP contribution in [0.25, 0.3) is 0 Å². The molecule has 0 aliphatic rings. The standard InChI is InChI=1S/C14H12N2O2S/c17-8-4-7-12-10-15-14(19-12)16-13(18)9-11-5-2-1-3-6-11/h1-3,5-6,10,17H,8-9H2,(H,15,16,18). The quantitative estimate of drug-likeness (QED) is 0.835. The molecule has 1 amide bonds. The van der Waals surface area contributed by atoms with Gasteiger partial charge in [-0.25, -0.2) is 4.98 Å². The van der Waals surface area contributed by atoms with Crippen molar-refractivity contribution in [3.63, 3.8) is 0 Å². The van der Waals surface area contributed by atoms with E-state index in [4.69, 9.17) is 5.11 Å². The van der Waals surface area contributed by atoms with E-state index < -0.39 is 0 Å². The Labute approximate surface area is 115 Å². The number of nitrogens with zero attached hydrogens (tertiary/aromatic N) is 1. The lowest BCUT2D eigenvalue weighted by atomic mass is 10.1. The second-order valence-corrected chi connectivity index (χ2v) is 4.73. The van der Waals surface area contributed by atoms with Gasteiger partial charge < -0.3 is 10.4 Å². The van der Waals surface area contributed by atoms with Gasteiger partial charge in [0.05, 0.1) is 17.5 Å². The van der Waals surface area contributed by atoms with Crippen LogP contribution in [0.5, 0.6) is 0 Å². The van der Waals surface area contributed by atoms with Crippen molar-refractivity contribution >= 4 is 22.4 Å². The molecule has 19 heavy (non-hydrogen) atoms. The topological polar surface area (TPSA) is 62.2 Å². The summed E-state index contributed by atoms with van der Waals surface area (Å²) >= 11 is 1.28. The van der Waals surface area contributed by atoms with Crippen molar-refractivity contribution < 1.29 is 9.90 Å². The van der Waals surface area contributed by atoms with Crippen molar-refractivity contribution in [1.82, 2.24) is 4.98 Å². The average molecular weight is 272 g/mol. The highest BCUT2D eigenvalue weighted by molar-refractivity contribution is 7.16. The molecule has 0 atom stereocenters. The molecule has 0 unspecified atom stereocenters. The van der Waals surface area contributed by atoms with Gasteiger partial charge in [-0.1, -0.05) is 53.5 Å². The Hall–Kier alpha value is -2.16. The number of carbonyl (C=O) groups excluding carboxylic acids is 1. The largest absolute Gasteiger partial charge is 0.384 e. The van der Waals surface area contributed by atoms with Crippen LogP contribution in [-0.4, -0.2) is 22.6 Å².